The predicted octanol–water partition coefficient (Wildman–Crippen LogP) is 5.42. The van der Waals surface area contributed by atoms with Crippen LogP contribution in [0.25, 0.3) is 0 Å². The number of aliphatic carboxylic acids is 1. The summed E-state index contributed by atoms with van der Waals surface area (Å²) in [7, 11) is 0. The summed E-state index contributed by atoms with van der Waals surface area (Å²) in [6, 6.07) is 15.1. The van der Waals surface area contributed by atoms with Gasteiger partial charge >= 0.3 is 5.97 Å². The van der Waals surface area contributed by atoms with E-state index in [1.54, 1.807) is 0 Å². The molecule has 148 valence electrons. The molecule has 2 atom stereocenters. The number of carbonyl (C=O) groups is 1. The van der Waals surface area contributed by atoms with E-state index in [4.69, 9.17) is 0 Å². The van der Waals surface area contributed by atoms with Gasteiger partial charge in [0, 0.05) is 30.6 Å². The minimum absolute atomic E-state index is 0.0867. The van der Waals surface area contributed by atoms with E-state index >= 15 is 0 Å². The second-order valence-electron chi connectivity index (χ2n) is 8.46. The highest BCUT2D eigenvalue weighted by atomic mass is 16.4. The van der Waals surface area contributed by atoms with Crippen molar-refractivity contribution in [2.75, 3.05) is 18.0 Å². The summed E-state index contributed by atoms with van der Waals surface area (Å²) in [5.41, 5.74) is 7.70. The Kier molecular flexibility index (Phi) is 4.75. The zero-order valence-electron chi connectivity index (χ0n) is 16.7. The van der Waals surface area contributed by atoms with Crippen LogP contribution in [0.2, 0.25) is 0 Å². The Bertz CT molecular complexity index is 989. The third-order valence-electron chi connectivity index (χ3n) is 6.65. The van der Waals surface area contributed by atoms with Crippen molar-refractivity contribution in [2.45, 2.75) is 43.9 Å². The summed E-state index contributed by atoms with van der Waals surface area (Å²) in [5, 5.41) is 9.47. The van der Waals surface area contributed by atoms with Gasteiger partial charge in [-0.15, -0.1) is 0 Å². The molecular formula is C26H27NO2. The van der Waals surface area contributed by atoms with E-state index in [9.17, 15) is 9.90 Å². The molecular weight excluding hydrogens is 358 g/mol. The average molecular weight is 386 g/mol. The molecule has 0 bridgehead atoms. The highest BCUT2D eigenvalue weighted by Gasteiger charge is 2.35. The van der Waals surface area contributed by atoms with Crippen molar-refractivity contribution in [1.29, 1.82) is 0 Å². The fraction of sp³-hybridized carbons (Fsp3) is 0.346. The first-order valence-corrected chi connectivity index (χ1v) is 10.8. The lowest BCUT2D eigenvalue weighted by atomic mass is 9.75. The Morgan fingerprint density at radius 2 is 1.72 bits per heavy atom. The molecule has 3 aliphatic rings. The molecule has 0 spiro atoms. The molecule has 3 heteroatoms. The first-order valence-electron chi connectivity index (χ1n) is 10.8. The second kappa shape index (κ2) is 7.55. The van der Waals surface area contributed by atoms with E-state index in [1.807, 2.05) is 0 Å². The fourth-order valence-electron chi connectivity index (χ4n) is 5.40. The van der Waals surface area contributed by atoms with Crippen LogP contribution in [0.3, 0.4) is 0 Å². The van der Waals surface area contributed by atoms with Crippen LogP contribution in [-0.4, -0.2) is 24.2 Å². The third-order valence-corrected chi connectivity index (χ3v) is 6.65. The van der Waals surface area contributed by atoms with Crippen LogP contribution >= 0.6 is 0 Å². The zero-order valence-corrected chi connectivity index (χ0v) is 16.7. The van der Waals surface area contributed by atoms with Gasteiger partial charge in [0.1, 0.15) is 0 Å². The molecule has 0 saturated heterocycles. The van der Waals surface area contributed by atoms with Crippen LogP contribution in [0.5, 0.6) is 0 Å². The number of hydrogen-bond donors (Lipinski definition) is 1. The standard InChI is InChI=1S/C26H27NO2/c28-25(29)17-18-15-23-21(19-7-3-1-4-8-19)11-13-27-14-12-22(24(16-18)26(23)27)20-9-5-2-6-10-20/h1,3-5,7-10,15-16,21-22H,2,6,11-14,17H2,(H,28,29). The van der Waals surface area contributed by atoms with Crippen molar-refractivity contribution >= 4 is 11.7 Å². The predicted molar refractivity (Wildman–Crippen MR) is 117 cm³/mol. The topological polar surface area (TPSA) is 40.5 Å². The lowest BCUT2D eigenvalue weighted by Crippen LogP contribution is -2.38. The first kappa shape index (κ1) is 18.2. The molecule has 1 N–H and O–H groups in total. The van der Waals surface area contributed by atoms with Crippen molar-refractivity contribution in [2.24, 2.45) is 0 Å². The highest BCUT2D eigenvalue weighted by Crippen LogP contribution is 2.49. The molecule has 2 aromatic carbocycles. The summed E-state index contributed by atoms with van der Waals surface area (Å²) in [4.78, 5) is 14.1. The molecule has 2 aromatic rings. The van der Waals surface area contributed by atoms with Crippen molar-refractivity contribution in [1.82, 2.24) is 0 Å². The van der Waals surface area contributed by atoms with E-state index in [0.717, 1.165) is 44.3 Å². The van der Waals surface area contributed by atoms with Gasteiger partial charge in [-0.05, 0) is 53.5 Å². The summed E-state index contributed by atoms with van der Waals surface area (Å²) in [5.74, 6) is -0.0467. The number of carboxylic acids is 1. The highest BCUT2D eigenvalue weighted by molar-refractivity contribution is 5.74. The molecule has 2 heterocycles. The van der Waals surface area contributed by atoms with Gasteiger partial charge in [-0.3, -0.25) is 4.79 Å². The van der Waals surface area contributed by atoms with Crippen molar-refractivity contribution in [3.8, 4) is 0 Å². The fourth-order valence-corrected chi connectivity index (χ4v) is 5.40. The summed E-state index contributed by atoms with van der Waals surface area (Å²) >= 11 is 0. The number of benzene rings is 2. The summed E-state index contributed by atoms with van der Waals surface area (Å²) in [6.07, 6.45) is 11.5. The van der Waals surface area contributed by atoms with Gasteiger partial charge in [-0.2, -0.15) is 0 Å². The summed E-state index contributed by atoms with van der Waals surface area (Å²) in [6.45, 7) is 2.15. The Balaban J connectivity index is 1.67. The third kappa shape index (κ3) is 3.39. The van der Waals surface area contributed by atoms with Crippen molar-refractivity contribution < 1.29 is 9.90 Å². The molecule has 0 radical (unpaired) electrons. The molecule has 5 rings (SSSR count). The summed E-state index contributed by atoms with van der Waals surface area (Å²) < 4.78 is 0. The minimum atomic E-state index is -0.759. The lowest BCUT2D eigenvalue weighted by molar-refractivity contribution is -0.136. The van der Waals surface area contributed by atoms with E-state index in [1.165, 1.54) is 28.0 Å². The lowest BCUT2D eigenvalue weighted by Gasteiger charge is -2.43. The molecule has 0 fully saturated rings. The van der Waals surface area contributed by atoms with Gasteiger partial charge in [-0.25, -0.2) is 0 Å². The maximum absolute atomic E-state index is 11.5. The van der Waals surface area contributed by atoms with Gasteiger partial charge < -0.3 is 10.0 Å². The van der Waals surface area contributed by atoms with Gasteiger partial charge in [0.25, 0.3) is 0 Å². The van der Waals surface area contributed by atoms with E-state index < -0.39 is 5.97 Å². The van der Waals surface area contributed by atoms with E-state index in [2.05, 4.69) is 65.6 Å². The Labute approximate surface area is 172 Å². The first-order chi connectivity index (χ1) is 14.2. The maximum Gasteiger partial charge on any atom is 0.307 e. The largest absolute Gasteiger partial charge is 0.481 e. The maximum atomic E-state index is 11.5. The Morgan fingerprint density at radius 1 is 1.00 bits per heavy atom. The number of rotatable bonds is 4. The average Bonchev–Trinajstić information content (AvgIpc) is 2.75. The quantitative estimate of drug-likeness (QED) is 0.764. The van der Waals surface area contributed by atoms with Crippen LogP contribution in [0.15, 0.2) is 66.3 Å². The van der Waals surface area contributed by atoms with Gasteiger partial charge in [0.05, 0.1) is 6.42 Å². The molecule has 0 amide bonds. The van der Waals surface area contributed by atoms with Crippen LogP contribution in [0.1, 0.15) is 59.8 Å². The smallest absolute Gasteiger partial charge is 0.307 e. The molecule has 0 saturated carbocycles. The van der Waals surface area contributed by atoms with Gasteiger partial charge in [0.2, 0.25) is 0 Å². The molecule has 29 heavy (non-hydrogen) atoms. The van der Waals surface area contributed by atoms with Gasteiger partial charge in [0.15, 0.2) is 0 Å². The number of carboxylic acid groups (broad SMARTS) is 1. The van der Waals surface area contributed by atoms with Crippen LogP contribution in [-0.2, 0) is 11.2 Å². The second-order valence-corrected chi connectivity index (χ2v) is 8.46. The monoisotopic (exact) mass is 385 g/mol. The van der Waals surface area contributed by atoms with Crippen LogP contribution < -0.4 is 4.90 Å². The molecule has 2 aliphatic heterocycles. The minimum Gasteiger partial charge on any atom is -0.481 e. The number of anilines is 1. The zero-order chi connectivity index (χ0) is 19.8. The van der Waals surface area contributed by atoms with Gasteiger partial charge in [-0.1, -0.05) is 60.7 Å². The van der Waals surface area contributed by atoms with Crippen molar-refractivity contribution in [3.05, 3.63) is 88.5 Å². The number of allylic oxidation sites excluding steroid dienone is 4. The molecule has 2 unspecified atom stereocenters. The van der Waals surface area contributed by atoms with E-state index in [-0.39, 0.29) is 6.42 Å². The molecule has 3 nitrogen and oxygen atoms in total. The van der Waals surface area contributed by atoms with Crippen molar-refractivity contribution in [3.63, 3.8) is 0 Å². The molecule has 1 aliphatic carbocycles. The number of hydrogen-bond acceptors (Lipinski definition) is 2. The Morgan fingerprint density at radius 3 is 2.41 bits per heavy atom. The Hall–Kier alpha value is -2.81. The van der Waals surface area contributed by atoms with E-state index in [0.29, 0.717) is 11.8 Å². The number of nitrogens with zero attached hydrogens (tertiary/aromatic N) is 1. The SMILES string of the molecule is O=C(O)Cc1cc2c3c(c1)C(c1ccccc1)CCN3CCC2C1=CCCC=C1. The van der Waals surface area contributed by atoms with Crippen LogP contribution in [0, 0.1) is 0 Å². The molecule has 0 aromatic heterocycles. The normalized spacial score (nSPS) is 22.8. The van der Waals surface area contributed by atoms with Crippen LogP contribution in [0.4, 0.5) is 5.69 Å².